The topological polar surface area (TPSA) is 51.2 Å². The quantitative estimate of drug-likeness (QED) is 0.687. The Morgan fingerprint density at radius 1 is 1.15 bits per heavy atom. The summed E-state index contributed by atoms with van der Waals surface area (Å²) in [5.41, 5.74) is 2.71. The van der Waals surface area contributed by atoms with Crippen LogP contribution in [0.3, 0.4) is 0 Å². The van der Waals surface area contributed by atoms with Crippen LogP contribution in [-0.2, 0) is 17.6 Å². The average Bonchev–Trinajstić information content (AvgIpc) is 3.11. The van der Waals surface area contributed by atoms with Crippen LogP contribution in [0.1, 0.15) is 11.3 Å². The second-order valence-corrected chi connectivity index (χ2v) is 6.63. The molecule has 0 aliphatic rings. The SMILES string of the molecule is COc1ccc(CCNC(=O)Cc2csc(-c3ccc(F)cc3)n2)cc1. The van der Waals surface area contributed by atoms with Crippen LogP contribution in [-0.4, -0.2) is 24.5 Å². The number of methoxy groups -OCH3 is 1. The Morgan fingerprint density at radius 2 is 1.88 bits per heavy atom. The van der Waals surface area contributed by atoms with Crippen molar-refractivity contribution in [1.29, 1.82) is 0 Å². The number of hydrogen-bond donors (Lipinski definition) is 1. The van der Waals surface area contributed by atoms with E-state index in [0.717, 1.165) is 34.0 Å². The van der Waals surface area contributed by atoms with Crippen molar-refractivity contribution in [2.45, 2.75) is 12.8 Å². The molecule has 1 aromatic heterocycles. The van der Waals surface area contributed by atoms with Crippen LogP contribution >= 0.6 is 11.3 Å². The van der Waals surface area contributed by atoms with Gasteiger partial charge in [-0.15, -0.1) is 11.3 Å². The minimum absolute atomic E-state index is 0.0607. The second kappa shape index (κ2) is 8.58. The monoisotopic (exact) mass is 370 g/mol. The van der Waals surface area contributed by atoms with Crippen molar-refractivity contribution in [3.63, 3.8) is 0 Å². The van der Waals surface area contributed by atoms with Crippen molar-refractivity contribution in [2.75, 3.05) is 13.7 Å². The number of hydrogen-bond acceptors (Lipinski definition) is 4. The van der Waals surface area contributed by atoms with Crippen molar-refractivity contribution in [2.24, 2.45) is 0 Å². The fourth-order valence-corrected chi connectivity index (χ4v) is 3.30. The molecule has 1 N–H and O–H groups in total. The van der Waals surface area contributed by atoms with Gasteiger partial charge in [0.15, 0.2) is 0 Å². The van der Waals surface area contributed by atoms with E-state index in [-0.39, 0.29) is 18.1 Å². The summed E-state index contributed by atoms with van der Waals surface area (Å²) in [5, 5.41) is 5.56. The van der Waals surface area contributed by atoms with Gasteiger partial charge in [-0.1, -0.05) is 12.1 Å². The van der Waals surface area contributed by atoms with Gasteiger partial charge in [0.2, 0.25) is 5.91 Å². The number of nitrogens with one attached hydrogen (secondary N) is 1. The summed E-state index contributed by atoms with van der Waals surface area (Å²) in [6.45, 7) is 0.570. The first kappa shape index (κ1) is 18.1. The Morgan fingerprint density at radius 3 is 2.58 bits per heavy atom. The second-order valence-electron chi connectivity index (χ2n) is 5.78. The van der Waals surface area contributed by atoms with Gasteiger partial charge >= 0.3 is 0 Å². The van der Waals surface area contributed by atoms with E-state index < -0.39 is 0 Å². The Balaban J connectivity index is 1.48. The van der Waals surface area contributed by atoms with Crippen molar-refractivity contribution < 1.29 is 13.9 Å². The smallest absolute Gasteiger partial charge is 0.226 e. The Labute approximate surface area is 155 Å². The number of halogens is 1. The first-order valence-corrected chi connectivity index (χ1v) is 9.12. The predicted molar refractivity (Wildman–Crippen MR) is 101 cm³/mol. The molecule has 0 atom stereocenters. The van der Waals surface area contributed by atoms with Gasteiger partial charge in [0.1, 0.15) is 16.6 Å². The van der Waals surface area contributed by atoms with Gasteiger partial charge in [-0.3, -0.25) is 4.79 Å². The molecule has 0 radical (unpaired) electrons. The molecule has 0 unspecified atom stereocenters. The summed E-state index contributed by atoms with van der Waals surface area (Å²) in [5.74, 6) is 0.481. The highest BCUT2D eigenvalue weighted by Gasteiger charge is 2.09. The molecular weight excluding hydrogens is 351 g/mol. The van der Waals surface area contributed by atoms with Crippen LogP contribution < -0.4 is 10.1 Å². The highest BCUT2D eigenvalue weighted by atomic mass is 32.1. The van der Waals surface area contributed by atoms with E-state index in [2.05, 4.69) is 10.3 Å². The third kappa shape index (κ3) is 4.89. The molecule has 3 rings (SSSR count). The van der Waals surface area contributed by atoms with Crippen LogP contribution in [0.15, 0.2) is 53.9 Å². The maximum atomic E-state index is 13.0. The van der Waals surface area contributed by atoms with Crippen LogP contribution in [0.25, 0.3) is 10.6 Å². The lowest BCUT2D eigenvalue weighted by Gasteiger charge is -2.05. The van der Waals surface area contributed by atoms with E-state index in [9.17, 15) is 9.18 Å². The molecule has 3 aromatic rings. The standard InChI is InChI=1S/C20H19FN2O2S/c1-25-18-8-2-14(3-9-18)10-11-22-19(24)12-17-13-26-20(23-17)15-4-6-16(21)7-5-15/h2-9,13H,10-12H2,1H3,(H,22,24). The van der Waals surface area contributed by atoms with E-state index in [0.29, 0.717) is 6.54 Å². The fraction of sp³-hybridized carbons (Fsp3) is 0.200. The Hall–Kier alpha value is -2.73. The molecule has 0 spiro atoms. The summed E-state index contributed by atoms with van der Waals surface area (Å²) in [6.07, 6.45) is 0.994. The molecule has 4 nitrogen and oxygen atoms in total. The highest BCUT2D eigenvalue weighted by molar-refractivity contribution is 7.13. The molecule has 0 aliphatic carbocycles. The van der Waals surface area contributed by atoms with Gasteiger partial charge in [0.05, 0.1) is 19.2 Å². The molecule has 0 bridgehead atoms. The summed E-state index contributed by atoms with van der Waals surface area (Å²) in [6, 6.07) is 14.0. The molecule has 0 saturated carbocycles. The summed E-state index contributed by atoms with van der Waals surface area (Å²) < 4.78 is 18.1. The third-order valence-electron chi connectivity index (χ3n) is 3.88. The van der Waals surface area contributed by atoms with E-state index in [1.54, 1.807) is 19.2 Å². The summed E-state index contributed by atoms with van der Waals surface area (Å²) >= 11 is 1.45. The van der Waals surface area contributed by atoms with Gasteiger partial charge in [-0.05, 0) is 48.4 Å². The molecule has 1 amide bonds. The van der Waals surface area contributed by atoms with Gasteiger partial charge in [-0.25, -0.2) is 9.37 Å². The normalized spacial score (nSPS) is 10.5. The van der Waals surface area contributed by atoms with Gasteiger partial charge in [-0.2, -0.15) is 0 Å². The fourth-order valence-electron chi connectivity index (χ4n) is 2.48. The molecule has 1 heterocycles. The number of rotatable bonds is 7. The number of thiazole rings is 1. The number of nitrogens with zero attached hydrogens (tertiary/aromatic N) is 1. The number of benzene rings is 2. The molecule has 0 saturated heterocycles. The lowest BCUT2D eigenvalue weighted by Crippen LogP contribution is -2.27. The zero-order valence-electron chi connectivity index (χ0n) is 14.4. The maximum absolute atomic E-state index is 13.0. The summed E-state index contributed by atoms with van der Waals surface area (Å²) in [7, 11) is 1.63. The van der Waals surface area contributed by atoms with Crippen LogP contribution in [0.5, 0.6) is 5.75 Å². The molecule has 0 aliphatic heterocycles. The lowest BCUT2D eigenvalue weighted by atomic mass is 10.1. The number of amides is 1. The predicted octanol–water partition coefficient (Wildman–Crippen LogP) is 3.86. The number of carbonyl (C=O) groups excluding carboxylic acids is 1. The van der Waals surface area contributed by atoms with Gasteiger partial charge in [0.25, 0.3) is 0 Å². The van der Waals surface area contributed by atoms with Gasteiger partial charge < -0.3 is 10.1 Å². The van der Waals surface area contributed by atoms with Crippen molar-refractivity contribution >= 4 is 17.2 Å². The number of carbonyl (C=O) groups is 1. The number of aromatic nitrogens is 1. The lowest BCUT2D eigenvalue weighted by molar-refractivity contribution is -0.120. The minimum atomic E-state index is -0.276. The third-order valence-corrected chi connectivity index (χ3v) is 4.82. The van der Waals surface area contributed by atoms with Gasteiger partial charge in [0, 0.05) is 17.5 Å². The molecule has 6 heteroatoms. The van der Waals surface area contributed by atoms with Crippen LogP contribution in [0.2, 0.25) is 0 Å². The minimum Gasteiger partial charge on any atom is -0.497 e. The zero-order chi connectivity index (χ0) is 18.4. The zero-order valence-corrected chi connectivity index (χ0v) is 15.2. The number of ether oxygens (including phenoxy) is 1. The highest BCUT2D eigenvalue weighted by Crippen LogP contribution is 2.24. The molecule has 26 heavy (non-hydrogen) atoms. The van der Waals surface area contributed by atoms with Crippen LogP contribution in [0.4, 0.5) is 4.39 Å². The van der Waals surface area contributed by atoms with Crippen LogP contribution in [0, 0.1) is 5.82 Å². The Kier molecular flexibility index (Phi) is 5.96. The van der Waals surface area contributed by atoms with E-state index in [1.165, 1.54) is 23.5 Å². The summed E-state index contributed by atoms with van der Waals surface area (Å²) in [4.78, 5) is 16.5. The largest absolute Gasteiger partial charge is 0.497 e. The molecule has 134 valence electrons. The first-order chi connectivity index (χ1) is 12.6. The average molecular weight is 370 g/mol. The Bertz CT molecular complexity index is 860. The molecule has 0 fully saturated rings. The van der Waals surface area contributed by atoms with E-state index in [4.69, 9.17) is 4.74 Å². The molecule has 2 aromatic carbocycles. The van der Waals surface area contributed by atoms with Crippen molar-refractivity contribution in [1.82, 2.24) is 10.3 Å². The maximum Gasteiger partial charge on any atom is 0.226 e. The van der Waals surface area contributed by atoms with Crippen molar-refractivity contribution in [3.05, 3.63) is 71.0 Å². The molecular formula is C20H19FN2O2S. The van der Waals surface area contributed by atoms with Crippen molar-refractivity contribution in [3.8, 4) is 16.3 Å². The first-order valence-electron chi connectivity index (χ1n) is 8.24. The van der Waals surface area contributed by atoms with E-state index >= 15 is 0 Å². The van der Waals surface area contributed by atoms with E-state index in [1.807, 2.05) is 29.6 Å².